The quantitative estimate of drug-likeness (QED) is 0.850. The molecule has 18 heavy (non-hydrogen) atoms. The van der Waals surface area contributed by atoms with Crippen molar-refractivity contribution in [2.24, 2.45) is 10.8 Å². The molecule has 2 unspecified atom stereocenters. The molecule has 1 N–H and O–H groups in total. The van der Waals surface area contributed by atoms with Gasteiger partial charge in [-0.15, -0.1) is 11.6 Å². The highest BCUT2D eigenvalue weighted by Gasteiger charge is 2.77. The number of carbonyl (C=O) groups is 1. The topological polar surface area (TPSA) is 37.3 Å². The highest BCUT2D eigenvalue weighted by molar-refractivity contribution is 6.31. The average molecular weight is 285 g/mol. The maximum absolute atomic E-state index is 11.6. The van der Waals surface area contributed by atoms with E-state index in [2.05, 4.69) is 6.58 Å². The molecular formula is C14H14Cl2O2. The Morgan fingerprint density at radius 2 is 1.78 bits per heavy atom. The maximum Gasteiger partial charge on any atom is 0.316 e. The fraction of sp³-hybridized carbons (Fsp3) is 0.357. The third-order valence-corrected chi connectivity index (χ3v) is 5.08. The fourth-order valence-corrected chi connectivity index (χ4v) is 3.38. The van der Waals surface area contributed by atoms with Crippen molar-refractivity contribution in [3.63, 3.8) is 0 Å². The zero-order valence-corrected chi connectivity index (χ0v) is 11.7. The second kappa shape index (κ2) is 4.01. The van der Waals surface area contributed by atoms with Gasteiger partial charge in [0.25, 0.3) is 0 Å². The standard InChI is InChI=1S/C14H14Cl2O2/c1-8(9-4-6-10(15)7-5-9)14(12(17)18)11(16)13(14,2)3/h4-7,11H,1H2,2-3H3,(H,17,18). The normalized spacial score (nSPS) is 28.8. The molecule has 0 saturated heterocycles. The monoisotopic (exact) mass is 284 g/mol. The lowest BCUT2D eigenvalue weighted by Crippen LogP contribution is -2.23. The molecule has 0 aliphatic heterocycles. The third-order valence-electron chi connectivity index (χ3n) is 3.95. The Balaban J connectivity index is 2.45. The lowest BCUT2D eigenvalue weighted by atomic mass is 9.84. The van der Waals surface area contributed by atoms with Crippen LogP contribution in [0.25, 0.3) is 5.57 Å². The SMILES string of the molecule is C=C(c1ccc(Cl)cc1)C1(C(=O)O)C(Cl)C1(C)C. The molecule has 1 fully saturated rings. The van der Waals surface area contributed by atoms with Gasteiger partial charge in [0.2, 0.25) is 0 Å². The highest BCUT2D eigenvalue weighted by Crippen LogP contribution is 2.72. The number of rotatable bonds is 3. The van der Waals surface area contributed by atoms with Crippen molar-refractivity contribution in [2.45, 2.75) is 19.2 Å². The van der Waals surface area contributed by atoms with Crippen molar-refractivity contribution in [1.82, 2.24) is 0 Å². The molecule has 1 aromatic rings. The number of carboxylic acid groups (broad SMARTS) is 1. The van der Waals surface area contributed by atoms with Gasteiger partial charge in [0, 0.05) is 10.4 Å². The molecule has 0 radical (unpaired) electrons. The molecule has 2 rings (SSSR count). The molecule has 0 aromatic heterocycles. The van der Waals surface area contributed by atoms with Crippen LogP contribution in [0.2, 0.25) is 5.02 Å². The Labute approximate surface area is 116 Å². The predicted molar refractivity (Wildman–Crippen MR) is 74.0 cm³/mol. The average Bonchev–Trinajstić information content (AvgIpc) is 2.74. The van der Waals surface area contributed by atoms with Crippen LogP contribution in [-0.4, -0.2) is 16.5 Å². The lowest BCUT2D eigenvalue weighted by molar-refractivity contribution is -0.142. The molecule has 0 bridgehead atoms. The number of alkyl halides is 1. The Morgan fingerprint density at radius 3 is 2.11 bits per heavy atom. The summed E-state index contributed by atoms with van der Waals surface area (Å²) in [6.07, 6.45) is 0. The van der Waals surface area contributed by atoms with Gasteiger partial charge in [0.1, 0.15) is 5.41 Å². The number of carboxylic acids is 1. The largest absolute Gasteiger partial charge is 0.481 e. The molecule has 1 saturated carbocycles. The van der Waals surface area contributed by atoms with Gasteiger partial charge in [-0.05, 0) is 23.3 Å². The van der Waals surface area contributed by atoms with E-state index in [-0.39, 0.29) is 0 Å². The Morgan fingerprint density at radius 1 is 1.33 bits per heavy atom. The number of hydrogen-bond donors (Lipinski definition) is 1. The molecule has 0 heterocycles. The van der Waals surface area contributed by atoms with E-state index < -0.39 is 22.2 Å². The van der Waals surface area contributed by atoms with E-state index in [4.69, 9.17) is 23.2 Å². The van der Waals surface area contributed by atoms with Gasteiger partial charge in [0.15, 0.2) is 0 Å². The van der Waals surface area contributed by atoms with Gasteiger partial charge in [-0.1, -0.05) is 44.2 Å². The van der Waals surface area contributed by atoms with Gasteiger partial charge >= 0.3 is 5.97 Å². The minimum Gasteiger partial charge on any atom is -0.481 e. The van der Waals surface area contributed by atoms with E-state index in [9.17, 15) is 9.90 Å². The Bertz CT molecular complexity index is 519. The molecule has 4 heteroatoms. The Hall–Kier alpha value is -0.990. The molecule has 96 valence electrons. The summed E-state index contributed by atoms with van der Waals surface area (Å²) >= 11 is 12.0. The van der Waals surface area contributed by atoms with Crippen molar-refractivity contribution < 1.29 is 9.90 Å². The van der Waals surface area contributed by atoms with E-state index in [1.165, 1.54) is 0 Å². The van der Waals surface area contributed by atoms with Crippen LogP contribution in [0.3, 0.4) is 0 Å². The molecule has 2 nitrogen and oxygen atoms in total. The van der Waals surface area contributed by atoms with Gasteiger partial charge in [0.05, 0.1) is 5.38 Å². The second-order valence-electron chi connectivity index (χ2n) is 5.18. The smallest absolute Gasteiger partial charge is 0.316 e. The third kappa shape index (κ3) is 1.52. The predicted octanol–water partition coefficient (Wildman–Crippen LogP) is 4.07. The summed E-state index contributed by atoms with van der Waals surface area (Å²) in [5.74, 6) is -0.924. The molecule has 0 amide bonds. The number of aliphatic carboxylic acids is 1. The fourth-order valence-electron chi connectivity index (χ4n) is 2.63. The summed E-state index contributed by atoms with van der Waals surface area (Å²) in [5.41, 5.74) is -0.297. The molecule has 2 atom stereocenters. The minimum absolute atomic E-state index is 0.453. The molecule has 1 aliphatic carbocycles. The summed E-state index contributed by atoms with van der Waals surface area (Å²) in [4.78, 5) is 11.6. The van der Waals surface area contributed by atoms with Crippen LogP contribution >= 0.6 is 23.2 Å². The van der Waals surface area contributed by atoms with Crippen LogP contribution in [0.4, 0.5) is 0 Å². The van der Waals surface area contributed by atoms with E-state index in [0.29, 0.717) is 10.6 Å². The van der Waals surface area contributed by atoms with Gasteiger partial charge in [-0.3, -0.25) is 4.79 Å². The van der Waals surface area contributed by atoms with E-state index >= 15 is 0 Å². The number of halogens is 2. The zero-order valence-electron chi connectivity index (χ0n) is 10.2. The first-order chi connectivity index (χ1) is 8.26. The van der Waals surface area contributed by atoms with Crippen LogP contribution < -0.4 is 0 Å². The maximum atomic E-state index is 11.6. The van der Waals surface area contributed by atoms with Crippen LogP contribution in [0.1, 0.15) is 19.4 Å². The first-order valence-electron chi connectivity index (χ1n) is 5.59. The molecular weight excluding hydrogens is 271 g/mol. The summed E-state index contributed by atoms with van der Waals surface area (Å²) in [7, 11) is 0. The summed E-state index contributed by atoms with van der Waals surface area (Å²) in [5, 5.41) is 9.68. The van der Waals surface area contributed by atoms with E-state index in [1.807, 2.05) is 13.8 Å². The first-order valence-corrected chi connectivity index (χ1v) is 6.40. The van der Waals surface area contributed by atoms with Crippen LogP contribution in [0.5, 0.6) is 0 Å². The first kappa shape index (κ1) is 13.4. The zero-order chi connectivity index (χ0) is 13.7. The lowest BCUT2D eigenvalue weighted by Gasteiger charge is -2.18. The number of hydrogen-bond acceptors (Lipinski definition) is 1. The van der Waals surface area contributed by atoms with Gasteiger partial charge in [-0.25, -0.2) is 0 Å². The summed E-state index contributed by atoms with van der Waals surface area (Å²) < 4.78 is 0. The van der Waals surface area contributed by atoms with E-state index in [1.54, 1.807) is 24.3 Å². The number of benzene rings is 1. The van der Waals surface area contributed by atoms with Crippen molar-refractivity contribution >= 4 is 34.7 Å². The van der Waals surface area contributed by atoms with Crippen LogP contribution in [-0.2, 0) is 4.79 Å². The Kier molecular flexibility index (Phi) is 2.99. The van der Waals surface area contributed by atoms with Crippen molar-refractivity contribution in [1.29, 1.82) is 0 Å². The van der Waals surface area contributed by atoms with Gasteiger partial charge < -0.3 is 5.11 Å². The summed E-state index contributed by atoms with van der Waals surface area (Å²) in [6.45, 7) is 7.64. The van der Waals surface area contributed by atoms with Crippen molar-refractivity contribution in [3.05, 3.63) is 41.4 Å². The van der Waals surface area contributed by atoms with Gasteiger partial charge in [-0.2, -0.15) is 0 Å². The van der Waals surface area contributed by atoms with E-state index in [0.717, 1.165) is 5.56 Å². The highest BCUT2D eigenvalue weighted by atomic mass is 35.5. The molecule has 0 spiro atoms. The molecule has 1 aromatic carbocycles. The van der Waals surface area contributed by atoms with Crippen molar-refractivity contribution in [2.75, 3.05) is 0 Å². The van der Waals surface area contributed by atoms with Crippen LogP contribution in [0.15, 0.2) is 30.8 Å². The molecule has 1 aliphatic rings. The van der Waals surface area contributed by atoms with Crippen molar-refractivity contribution in [3.8, 4) is 0 Å². The summed E-state index contributed by atoms with van der Waals surface area (Å²) in [6, 6.07) is 6.98. The minimum atomic E-state index is -1.09. The van der Waals surface area contributed by atoms with Crippen LogP contribution in [0, 0.1) is 10.8 Å². The second-order valence-corrected chi connectivity index (χ2v) is 6.06.